The van der Waals surface area contributed by atoms with Crippen LogP contribution in [0.5, 0.6) is 0 Å². The van der Waals surface area contributed by atoms with E-state index in [4.69, 9.17) is 5.11 Å². The maximum atomic E-state index is 8.75. The van der Waals surface area contributed by atoms with Crippen LogP contribution in [0, 0.1) is 5.92 Å². The minimum absolute atomic E-state index is 0.342. The summed E-state index contributed by atoms with van der Waals surface area (Å²) in [5.74, 6) is 0.653. The first-order valence-electron chi connectivity index (χ1n) is 4.71. The van der Waals surface area contributed by atoms with E-state index in [1.165, 1.54) is 32.1 Å². The fourth-order valence-electron chi connectivity index (χ4n) is 1.64. The monoisotopic (exact) mass is 154 g/mol. The van der Waals surface area contributed by atoms with Crippen molar-refractivity contribution < 1.29 is 5.11 Å². The molecule has 1 unspecified atom stereocenters. The maximum absolute atomic E-state index is 8.75. The summed E-state index contributed by atoms with van der Waals surface area (Å²) in [7, 11) is 0. The fraction of sp³-hybridized carbons (Fsp3) is 0.800. The van der Waals surface area contributed by atoms with Gasteiger partial charge < -0.3 is 5.11 Å². The molecule has 0 spiro atoms. The van der Waals surface area contributed by atoms with Gasteiger partial charge in [0.2, 0.25) is 0 Å². The highest BCUT2D eigenvalue weighted by molar-refractivity contribution is 4.89. The second-order valence-corrected chi connectivity index (χ2v) is 3.34. The standard InChI is InChI=1S/C10H18O/c11-9-8-10-6-4-2-1-3-5-7-10/h4,6,10-11H,1-3,5,7-9H2/b6-4-. The van der Waals surface area contributed by atoms with Gasteiger partial charge in [-0.3, -0.25) is 0 Å². The molecule has 1 nitrogen and oxygen atoms in total. The summed E-state index contributed by atoms with van der Waals surface area (Å²) in [6, 6.07) is 0. The average molecular weight is 154 g/mol. The Morgan fingerprint density at radius 3 is 3.00 bits per heavy atom. The van der Waals surface area contributed by atoms with Gasteiger partial charge in [0, 0.05) is 6.61 Å². The molecule has 1 aliphatic carbocycles. The summed E-state index contributed by atoms with van der Waals surface area (Å²) >= 11 is 0. The predicted octanol–water partition coefficient (Wildman–Crippen LogP) is 2.51. The quantitative estimate of drug-likeness (QED) is 0.606. The smallest absolute Gasteiger partial charge is 0.0436 e. The largest absolute Gasteiger partial charge is 0.396 e. The molecule has 0 saturated heterocycles. The zero-order valence-electron chi connectivity index (χ0n) is 7.13. The fourth-order valence-corrected chi connectivity index (χ4v) is 1.64. The Bertz CT molecular complexity index is 118. The zero-order chi connectivity index (χ0) is 7.94. The maximum Gasteiger partial charge on any atom is 0.0436 e. The number of allylic oxidation sites excluding steroid dienone is 2. The highest BCUT2D eigenvalue weighted by Gasteiger charge is 2.05. The Balaban J connectivity index is 2.29. The first-order valence-corrected chi connectivity index (χ1v) is 4.71. The molecule has 0 amide bonds. The van der Waals surface area contributed by atoms with Crippen LogP contribution in [0.25, 0.3) is 0 Å². The molecule has 0 aromatic heterocycles. The van der Waals surface area contributed by atoms with E-state index in [1.807, 2.05) is 0 Å². The van der Waals surface area contributed by atoms with Gasteiger partial charge in [-0.2, -0.15) is 0 Å². The normalized spacial score (nSPS) is 29.0. The summed E-state index contributed by atoms with van der Waals surface area (Å²) in [5.41, 5.74) is 0. The van der Waals surface area contributed by atoms with E-state index in [0.717, 1.165) is 6.42 Å². The van der Waals surface area contributed by atoms with E-state index in [0.29, 0.717) is 12.5 Å². The number of aliphatic hydroxyl groups is 1. The highest BCUT2D eigenvalue weighted by Crippen LogP contribution is 2.18. The van der Waals surface area contributed by atoms with Crippen molar-refractivity contribution in [3.63, 3.8) is 0 Å². The molecule has 1 atom stereocenters. The lowest BCUT2D eigenvalue weighted by molar-refractivity contribution is 0.264. The van der Waals surface area contributed by atoms with Crippen molar-refractivity contribution in [2.45, 2.75) is 38.5 Å². The molecule has 0 bridgehead atoms. The van der Waals surface area contributed by atoms with Gasteiger partial charge in [-0.1, -0.05) is 25.0 Å². The first kappa shape index (κ1) is 8.79. The van der Waals surface area contributed by atoms with Crippen LogP contribution in [0.1, 0.15) is 38.5 Å². The van der Waals surface area contributed by atoms with Crippen LogP contribution in [0.2, 0.25) is 0 Å². The number of aliphatic hydroxyl groups excluding tert-OH is 1. The summed E-state index contributed by atoms with van der Waals surface area (Å²) in [6.45, 7) is 0.342. The third-order valence-electron chi connectivity index (χ3n) is 2.35. The summed E-state index contributed by atoms with van der Waals surface area (Å²) in [4.78, 5) is 0. The van der Waals surface area contributed by atoms with Crippen molar-refractivity contribution >= 4 is 0 Å². The van der Waals surface area contributed by atoms with Gasteiger partial charge in [0.25, 0.3) is 0 Å². The molecular weight excluding hydrogens is 136 g/mol. The minimum atomic E-state index is 0.342. The van der Waals surface area contributed by atoms with Gasteiger partial charge in [-0.15, -0.1) is 0 Å². The summed E-state index contributed by atoms with van der Waals surface area (Å²) in [6.07, 6.45) is 12.1. The van der Waals surface area contributed by atoms with E-state index in [1.54, 1.807) is 0 Å². The third-order valence-corrected chi connectivity index (χ3v) is 2.35. The molecule has 0 aromatic carbocycles. The molecule has 0 aromatic rings. The van der Waals surface area contributed by atoms with E-state index in [-0.39, 0.29) is 0 Å². The van der Waals surface area contributed by atoms with Crippen LogP contribution >= 0.6 is 0 Å². The Morgan fingerprint density at radius 2 is 2.18 bits per heavy atom. The van der Waals surface area contributed by atoms with E-state index in [9.17, 15) is 0 Å². The van der Waals surface area contributed by atoms with Gasteiger partial charge >= 0.3 is 0 Å². The third kappa shape index (κ3) is 3.57. The topological polar surface area (TPSA) is 20.2 Å². The molecule has 0 fully saturated rings. The van der Waals surface area contributed by atoms with Gasteiger partial charge in [0.15, 0.2) is 0 Å². The molecule has 1 aliphatic rings. The Kier molecular flexibility index (Phi) is 4.29. The van der Waals surface area contributed by atoms with Gasteiger partial charge in [-0.05, 0) is 31.6 Å². The first-order chi connectivity index (χ1) is 5.43. The van der Waals surface area contributed by atoms with Crippen LogP contribution in [0.3, 0.4) is 0 Å². The molecule has 1 N–H and O–H groups in total. The lowest BCUT2D eigenvalue weighted by Gasteiger charge is -2.12. The molecule has 0 radical (unpaired) electrons. The van der Waals surface area contributed by atoms with Crippen molar-refractivity contribution in [1.29, 1.82) is 0 Å². The Hall–Kier alpha value is -0.300. The van der Waals surface area contributed by atoms with Crippen molar-refractivity contribution in [1.82, 2.24) is 0 Å². The Morgan fingerprint density at radius 1 is 1.27 bits per heavy atom. The highest BCUT2D eigenvalue weighted by atomic mass is 16.3. The van der Waals surface area contributed by atoms with E-state index < -0.39 is 0 Å². The molecule has 64 valence electrons. The number of rotatable bonds is 2. The van der Waals surface area contributed by atoms with E-state index in [2.05, 4.69) is 12.2 Å². The lowest BCUT2D eigenvalue weighted by atomic mass is 9.94. The SMILES string of the molecule is OCCC1/C=C\CCCCC1. The molecule has 1 rings (SSSR count). The lowest BCUT2D eigenvalue weighted by Crippen LogP contribution is -2.01. The predicted molar refractivity (Wildman–Crippen MR) is 47.4 cm³/mol. The molecule has 0 saturated carbocycles. The van der Waals surface area contributed by atoms with Crippen LogP contribution in [-0.2, 0) is 0 Å². The zero-order valence-corrected chi connectivity index (χ0v) is 7.13. The van der Waals surface area contributed by atoms with Crippen LogP contribution in [-0.4, -0.2) is 11.7 Å². The molecular formula is C10H18O. The average Bonchev–Trinajstić information content (AvgIpc) is 1.94. The van der Waals surface area contributed by atoms with Crippen LogP contribution in [0.4, 0.5) is 0 Å². The summed E-state index contributed by atoms with van der Waals surface area (Å²) in [5, 5.41) is 8.75. The number of hydrogen-bond donors (Lipinski definition) is 1. The molecule has 0 aliphatic heterocycles. The van der Waals surface area contributed by atoms with Crippen molar-refractivity contribution in [2.75, 3.05) is 6.61 Å². The minimum Gasteiger partial charge on any atom is -0.396 e. The van der Waals surface area contributed by atoms with Gasteiger partial charge in [0.05, 0.1) is 0 Å². The molecule has 0 heterocycles. The Labute approximate surface area is 69.1 Å². The van der Waals surface area contributed by atoms with Gasteiger partial charge in [-0.25, -0.2) is 0 Å². The van der Waals surface area contributed by atoms with Crippen molar-refractivity contribution in [3.05, 3.63) is 12.2 Å². The second kappa shape index (κ2) is 5.36. The van der Waals surface area contributed by atoms with E-state index >= 15 is 0 Å². The molecule has 11 heavy (non-hydrogen) atoms. The van der Waals surface area contributed by atoms with Crippen molar-refractivity contribution in [2.24, 2.45) is 5.92 Å². The van der Waals surface area contributed by atoms with Gasteiger partial charge in [0.1, 0.15) is 0 Å². The summed E-state index contributed by atoms with van der Waals surface area (Å²) < 4.78 is 0. The van der Waals surface area contributed by atoms with Crippen LogP contribution < -0.4 is 0 Å². The van der Waals surface area contributed by atoms with Crippen molar-refractivity contribution in [3.8, 4) is 0 Å². The molecule has 1 heteroatoms. The van der Waals surface area contributed by atoms with Crippen LogP contribution in [0.15, 0.2) is 12.2 Å². The number of hydrogen-bond acceptors (Lipinski definition) is 1. The second-order valence-electron chi connectivity index (χ2n) is 3.34.